The fourth-order valence-corrected chi connectivity index (χ4v) is 3.31. The van der Waals surface area contributed by atoms with Crippen molar-refractivity contribution in [2.24, 2.45) is 4.99 Å². The first-order valence-electron chi connectivity index (χ1n) is 8.01. The zero-order chi connectivity index (χ0) is 17.9. The Balaban J connectivity index is 2.23. The lowest BCUT2D eigenvalue weighted by molar-refractivity contribution is 0.510. The minimum atomic E-state index is 0.421. The van der Waals surface area contributed by atoms with Crippen molar-refractivity contribution < 1.29 is 9.53 Å². The molecule has 0 saturated heterocycles. The molecule has 4 aromatic rings. The molecule has 0 bridgehead atoms. The van der Waals surface area contributed by atoms with E-state index in [-0.39, 0.29) is 0 Å². The van der Waals surface area contributed by atoms with Gasteiger partial charge in [0, 0.05) is 11.1 Å². The molecule has 0 saturated carbocycles. The van der Waals surface area contributed by atoms with Gasteiger partial charge in [-0.25, -0.2) is 4.79 Å². The molecule has 0 radical (unpaired) electrons. The predicted molar refractivity (Wildman–Crippen MR) is 101 cm³/mol. The third-order valence-corrected chi connectivity index (χ3v) is 4.37. The van der Waals surface area contributed by atoms with Crippen LogP contribution in [0.25, 0.3) is 32.7 Å². The second-order valence-corrected chi connectivity index (χ2v) is 5.74. The van der Waals surface area contributed by atoms with E-state index in [2.05, 4.69) is 4.99 Å². The fraction of sp³-hybridized carbons (Fsp3) is 0. The van der Waals surface area contributed by atoms with Gasteiger partial charge in [0.25, 0.3) is 6.26 Å². The maximum atomic E-state index is 11.0. The van der Waals surface area contributed by atoms with Crippen LogP contribution in [-0.4, -0.2) is 6.08 Å². The predicted octanol–water partition coefficient (Wildman–Crippen LogP) is 5.49. The summed E-state index contributed by atoms with van der Waals surface area (Å²) in [5, 5.41) is 12.9. The van der Waals surface area contributed by atoms with E-state index in [0.717, 1.165) is 32.7 Å². The van der Waals surface area contributed by atoms with E-state index in [1.54, 1.807) is 24.5 Å². The van der Waals surface area contributed by atoms with Gasteiger partial charge in [-0.15, -0.1) is 5.26 Å². The lowest BCUT2D eigenvalue weighted by atomic mass is 9.92. The number of hydrogen-bond acceptors (Lipinski definition) is 4. The summed E-state index contributed by atoms with van der Waals surface area (Å²) >= 11 is 0. The summed E-state index contributed by atoms with van der Waals surface area (Å²) in [6.45, 7) is 0. The molecule has 0 heterocycles. The highest BCUT2D eigenvalue weighted by Crippen LogP contribution is 2.45. The molecule has 0 atom stereocenters. The molecule has 0 aliphatic carbocycles. The minimum absolute atomic E-state index is 0.421. The normalized spacial score (nSPS) is 10.3. The lowest BCUT2D eigenvalue weighted by Gasteiger charge is -2.15. The van der Waals surface area contributed by atoms with Crippen LogP contribution in [0.2, 0.25) is 0 Å². The molecule has 4 nitrogen and oxygen atoms in total. The molecule has 26 heavy (non-hydrogen) atoms. The van der Waals surface area contributed by atoms with Crippen LogP contribution in [0.3, 0.4) is 0 Å². The molecule has 4 aromatic carbocycles. The van der Waals surface area contributed by atoms with E-state index in [4.69, 9.17) is 10.00 Å². The Bertz CT molecular complexity index is 1230. The fourth-order valence-electron chi connectivity index (χ4n) is 3.31. The van der Waals surface area contributed by atoms with Crippen LogP contribution in [-0.2, 0) is 4.79 Å². The van der Waals surface area contributed by atoms with Crippen LogP contribution in [0.1, 0.15) is 0 Å². The molecule has 0 aromatic heterocycles. The van der Waals surface area contributed by atoms with Gasteiger partial charge in [0.1, 0.15) is 0 Å². The summed E-state index contributed by atoms with van der Waals surface area (Å²) in [4.78, 5) is 14.9. The SMILES string of the molecule is N#COc1ccc2ccccc2c1-c1c(N=C=O)ccc2ccccc12. The van der Waals surface area contributed by atoms with Gasteiger partial charge in [-0.1, -0.05) is 60.7 Å². The zero-order valence-electron chi connectivity index (χ0n) is 13.6. The highest BCUT2D eigenvalue weighted by Gasteiger charge is 2.18. The van der Waals surface area contributed by atoms with Crippen molar-refractivity contribution in [3.8, 4) is 23.1 Å². The number of nitriles is 1. The highest BCUT2D eigenvalue weighted by molar-refractivity contribution is 6.11. The summed E-state index contributed by atoms with van der Waals surface area (Å²) in [5.41, 5.74) is 1.96. The van der Waals surface area contributed by atoms with Crippen LogP contribution >= 0.6 is 0 Å². The highest BCUT2D eigenvalue weighted by atomic mass is 16.5. The van der Waals surface area contributed by atoms with E-state index < -0.39 is 0 Å². The van der Waals surface area contributed by atoms with E-state index in [9.17, 15) is 4.79 Å². The third kappa shape index (κ3) is 2.50. The number of carbonyl (C=O) groups excluding carboxylic acids is 1. The van der Waals surface area contributed by atoms with Gasteiger partial charge in [-0.3, -0.25) is 0 Å². The number of fused-ring (bicyclic) bond motifs is 2. The van der Waals surface area contributed by atoms with Gasteiger partial charge < -0.3 is 4.74 Å². The van der Waals surface area contributed by atoms with Crippen LogP contribution in [0.5, 0.6) is 5.75 Å². The van der Waals surface area contributed by atoms with Gasteiger partial charge in [0.15, 0.2) is 5.75 Å². The summed E-state index contributed by atoms with van der Waals surface area (Å²) < 4.78 is 5.25. The number of rotatable bonds is 3. The summed E-state index contributed by atoms with van der Waals surface area (Å²) in [6.07, 6.45) is 3.38. The lowest BCUT2D eigenvalue weighted by Crippen LogP contribution is -1.91. The van der Waals surface area contributed by atoms with E-state index >= 15 is 0 Å². The second kappa shape index (κ2) is 6.52. The monoisotopic (exact) mass is 336 g/mol. The van der Waals surface area contributed by atoms with Crippen LogP contribution in [0.15, 0.2) is 77.8 Å². The Hall–Kier alpha value is -3.93. The topological polar surface area (TPSA) is 62.4 Å². The third-order valence-electron chi connectivity index (χ3n) is 4.37. The van der Waals surface area contributed by atoms with E-state index in [0.29, 0.717) is 11.4 Å². The van der Waals surface area contributed by atoms with Crippen molar-refractivity contribution in [2.45, 2.75) is 0 Å². The molecular weight excluding hydrogens is 324 g/mol. The van der Waals surface area contributed by atoms with Crippen molar-refractivity contribution >= 4 is 33.3 Å². The molecule has 0 N–H and O–H groups in total. The Morgan fingerprint density at radius 1 is 0.769 bits per heavy atom. The first-order valence-corrected chi connectivity index (χ1v) is 8.01. The number of benzene rings is 4. The smallest absolute Gasteiger partial charge is 0.292 e. The molecule has 0 amide bonds. The van der Waals surface area contributed by atoms with Gasteiger partial charge in [0.05, 0.1) is 5.69 Å². The van der Waals surface area contributed by atoms with Crippen LogP contribution in [0.4, 0.5) is 5.69 Å². The minimum Gasteiger partial charge on any atom is -0.387 e. The Morgan fingerprint density at radius 2 is 1.38 bits per heavy atom. The maximum Gasteiger partial charge on any atom is 0.292 e. The van der Waals surface area contributed by atoms with Crippen molar-refractivity contribution in [1.82, 2.24) is 0 Å². The standard InChI is InChI=1S/C22H12N2O2/c23-13-26-20-12-10-16-6-2-4-8-18(16)22(20)21-17-7-3-1-5-15(17)9-11-19(21)24-14-25/h1-12H. The molecular formula is C22H12N2O2. The number of aliphatic imine (C=N–C) groups is 1. The number of hydrogen-bond donors (Lipinski definition) is 0. The molecule has 4 rings (SSSR count). The number of nitrogens with zero attached hydrogens (tertiary/aromatic N) is 2. The van der Waals surface area contributed by atoms with Gasteiger partial charge in [-0.2, -0.15) is 4.99 Å². The number of ether oxygens (including phenoxy) is 1. The Kier molecular flexibility index (Phi) is 3.91. The molecule has 4 heteroatoms. The molecule has 0 aliphatic rings. The summed E-state index contributed by atoms with van der Waals surface area (Å²) in [7, 11) is 0. The van der Waals surface area contributed by atoms with Crippen molar-refractivity contribution in [1.29, 1.82) is 5.26 Å². The van der Waals surface area contributed by atoms with Crippen molar-refractivity contribution in [3.05, 3.63) is 72.8 Å². The second-order valence-electron chi connectivity index (χ2n) is 5.74. The van der Waals surface area contributed by atoms with E-state index in [1.807, 2.05) is 60.7 Å². The van der Waals surface area contributed by atoms with Gasteiger partial charge in [-0.05, 0) is 33.7 Å². The average Bonchev–Trinajstić information content (AvgIpc) is 2.69. The van der Waals surface area contributed by atoms with Gasteiger partial charge >= 0.3 is 0 Å². The number of isocyanates is 1. The first-order chi connectivity index (χ1) is 12.8. The van der Waals surface area contributed by atoms with Crippen LogP contribution < -0.4 is 4.74 Å². The average molecular weight is 336 g/mol. The van der Waals surface area contributed by atoms with E-state index in [1.165, 1.54) is 0 Å². The van der Waals surface area contributed by atoms with Crippen molar-refractivity contribution in [2.75, 3.05) is 0 Å². The Morgan fingerprint density at radius 3 is 2.04 bits per heavy atom. The maximum absolute atomic E-state index is 11.0. The molecule has 0 unspecified atom stereocenters. The quantitative estimate of drug-likeness (QED) is 0.282. The Labute approximate surface area is 149 Å². The molecule has 0 fully saturated rings. The largest absolute Gasteiger partial charge is 0.387 e. The first kappa shape index (κ1) is 15.6. The molecule has 0 aliphatic heterocycles. The zero-order valence-corrected chi connectivity index (χ0v) is 13.6. The van der Waals surface area contributed by atoms with Gasteiger partial charge in [0.2, 0.25) is 6.08 Å². The molecule has 122 valence electrons. The molecule has 0 spiro atoms. The summed E-state index contributed by atoms with van der Waals surface area (Å²) in [5.74, 6) is 0.421. The summed E-state index contributed by atoms with van der Waals surface area (Å²) in [6, 6.07) is 23.0. The van der Waals surface area contributed by atoms with Crippen LogP contribution in [0, 0.1) is 11.5 Å². The van der Waals surface area contributed by atoms with Crippen molar-refractivity contribution in [3.63, 3.8) is 0 Å².